The molecule has 1 aliphatic carbocycles. The average molecular weight is 259 g/mol. The zero-order valence-corrected chi connectivity index (χ0v) is 11.9. The van der Waals surface area contributed by atoms with Crippen molar-refractivity contribution in [3.8, 4) is 0 Å². The Morgan fingerprint density at radius 3 is 2.74 bits per heavy atom. The van der Waals surface area contributed by atoms with Crippen LogP contribution < -0.4 is 4.90 Å². The Kier molecular flexibility index (Phi) is 3.53. The lowest BCUT2D eigenvalue weighted by Gasteiger charge is -2.41. The first-order valence-corrected chi connectivity index (χ1v) is 7.66. The second kappa shape index (κ2) is 5.16. The molecule has 0 bridgehead atoms. The molecule has 0 saturated heterocycles. The molecule has 2 heteroatoms. The van der Waals surface area contributed by atoms with Gasteiger partial charge in [0, 0.05) is 24.2 Å². The first kappa shape index (κ1) is 13.0. The number of hydrogen-bond acceptors (Lipinski definition) is 2. The van der Waals surface area contributed by atoms with Crippen molar-refractivity contribution in [3.05, 3.63) is 29.8 Å². The SMILES string of the molecule is CC1CCC(CO)(CN2CCc3ccccc32)CC1. The van der Waals surface area contributed by atoms with E-state index in [0.29, 0.717) is 6.61 Å². The number of aliphatic hydroxyl groups excluding tert-OH is 1. The van der Waals surface area contributed by atoms with Gasteiger partial charge in [0.05, 0.1) is 6.61 Å². The molecule has 0 aromatic heterocycles. The molecule has 2 aliphatic rings. The lowest BCUT2D eigenvalue weighted by Crippen LogP contribution is -2.42. The Balaban J connectivity index is 1.74. The van der Waals surface area contributed by atoms with E-state index < -0.39 is 0 Å². The number of nitrogens with zero attached hydrogens (tertiary/aromatic N) is 1. The standard InChI is InChI=1S/C17H25NO/c1-14-6-9-17(13-19,10-7-14)12-18-11-8-15-4-2-3-5-16(15)18/h2-5,14,19H,6-13H2,1H3. The Hall–Kier alpha value is -1.02. The maximum atomic E-state index is 9.91. The van der Waals surface area contributed by atoms with E-state index in [1.54, 1.807) is 0 Å². The van der Waals surface area contributed by atoms with E-state index in [1.807, 2.05) is 0 Å². The van der Waals surface area contributed by atoms with Crippen molar-refractivity contribution in [2.24, 2.45) is 11.3 Å². The number of para-hydroxylation sites is 1. The van der Waals surface area contributed by atoms with Gasteiger partial charge in [-0.3, -0.25) is 0 Å². The van der Waals surface area contributed by atoms with Crippen LogP contribution in [0.2, 0.25) is 0 Å². The summed E-state index contributed by atoms with van der Waals surface area (Å²) in [5.41, 5.74) is 3.01. The summed E-state index contributed by atoms with van der Waals surface area (Å²) in [4.78, 5) is 2.50. The van der Waals surface area contributed by atoms with Crippen molar-refractivity contribution in [1.82, 2.24) is 0 Å². The van der Waals surface area contributed by atoms with Crippen LogP contribution in [0.15, 0.2) is 24.3 Å². The Morgan fingerprint density at radius 2 is 2.00 bits per heavy atom. The number of anilines is 1. The highest BCUT2D eigenvalue weighted by Gasteiger charge is 2.36. The molecule has 1 aromatic rings. The predicted molar refractivity (Wildman–Crippen MR) is 79.5 cm³/mol. The number of benzene rings is 1. The third-order valence-corrected chi connectivity index (χ3v) is 5.18. The molecule has 0 atom stereocenters. The fourth-order valence-corrected chi connectivity index (χ4v) is 3.72. The van der Waals surface area contributed by atoms with Gasteiger partial charge in [-0.25, -0.2) is 0 Å². The zero-order valence-electron chi connectivity index (χ0n) is 11.9. The summed E-state index contributed by atoms with van der Waals surface area (Å²) in [6, 6.07) is 8.74. The van der Waals surface area contributed by atoms with E-state index in [-0.39, 0.29) is 5.41 Å². The minimum atomic E-state index is 0.143. The van der Waals surface area contributed by atoms with Gasteiger partial charge < -0.3 is 10.0 Å². The molecule has 0 unspecified atom stereocenters. The fourth-order valence-electron chi connectivity index (χ4n) is 3.72. The van der Waals surface area contributed by atoms with Gasteiger partial charge in [-0.2, -0.15) is 0 Å². The Labute approximate surface area is 116 Å². The van der Waals surface area contributed by atoms with E-state index in [0.717, 1.165) is 25.4 Å². The van der Waals surface area contributed by atoms with E-state index in [1.165, 1.54) is 36.9 Å². The van der Waals surface area contributed by atoms with Crippen LogP contribution in [0, 0.1) is 11.3 Å². The Bertz CT molecular complexity index is 435. The van der Waals surface area contributed by atoms with Gasteiger partial charge in [-0.1, -0.05) is 38.0 Å². The van der Waals surface area contributed by atoms with E-state index in [4.69, 9.17) is 0 Å². The van der Waals surface area contributed by atoms with Crippen LogP contribution in [0.3, 0.4) is 0 Å². The highest BCUT2D eigenvalue weighted by atomic mass is 16.3. The van der Waals surface area contributed by atoms with Crippen LogP contribution in [0.4, 0.5) is 5.69 Å². The maximum Gasteiger partial charge on any atom is 0.0504 e. The zero-order chi connectivity index (χ0) is 13.3. The molecule has 19 heavy (non-hydrogen) atoms. The van der Waals surface area contributed by atoms with Gasteiger partial charge in [0.1, 0.15) is 0 Å². The molecule has 3 rings (SSSR count). The van der Waals surface area contributed by atoms with Crippen molar-refractivity contribution in [1.29, 1.82) is 0 Å². The van der Waals surface area contributed by atoms with Gasteiger partial charge in [0.25, 0.3) is 0 Å². The van der Waals surface area contributed by atoms with Gasteiger partial charge in [-0.05, 0) is 36.8 Å². The van der Waals surface area contributed by atoms with Crippen molar-refractivity contribution in [3.63, 3.8) is 0 Å². The summed E-state index contributed by atoms with van der Waals surface area (Å²) < 4.78 is 0. The number of fused-ring (bicyclic) bond motifs is 1. The second-order valence-corrected chi connectivity index (χ2v) is 6.64. The van der Waals surface area contributed by atoms with E-state index in [2.05, 4.69) is 36.1 Å². The number of rotatable bonds is 3. The third-order valence-electron chi connectivity index (χ3n) is 5.18. The monoisotopic (exact) mass is 259 g/mol. The molecular formula is C17H25NO. The number of hydrogen-bond donors (Lipinski definition) is 1. The van der Waals surface area contributed by atoms with Crippen molar-refractivity contribution in [2.45, 2.75) is 39.0 Å². The summed E-state index contributed by atoms with van der Waals surface area (Å²) in [5.74, 6) is 0.838. The normalized spacial score (nSPS) is 30.4. The number of aliphatic hydroxyl groups is 1. The summed E-state index contributed by atoms with van der Waals surface area (Å²) in [5, 5.41) is 9.91. The second-order valence-electron chi connectivity index (χ2n) is 6.64. The van der Waals surface area contributed by atoms with E-state index in [9.17, 15) is 5.11 Å². The minimum absolute atomic E-state index is 0.143. The molecule has 1 heterocycles. The molecule has 1 N–H and O–H groups in total. The van der Waals surface area contributed by atoms with Crippen molar-refractivity contribution < 1.29 is 5.11 Å². The van der Waals surface area contributed by atoms with Gasteiger partial charge in [-0.15, -0.1) is 0 Å². The molecule has 0 radical (unpaired) electrons. The first-order chi connectivity index (χ1) is 9.22. The third kappa shape index (κ3) is 2.51. The lowest BCUT2D eigenvalue weighted by molar-refractivity contribution is 0.0734. The molecule has 104 valence electrons. The highest BCUT2D eigenvalue weighted by Crippen LogP contribution is 2.41. The van der Waals surface area contributed by atoms with Crippen LogP contribution in [-0.4, -0.2) is 24.8 Å². The van der Waals surface area contributed by atoms with Crippen LogP contribution in [0.25, 0.3) is 0 Å². The summed E-state index contributed by atoms with van der Waals surface area (Å²) in [6.07, 6.45) is 6.08. The van der Waals surface area contributed by atoms with Gasteiger partial charge >= 0.3 is 0 Å². The quantitative estimate of drug-likeness (QED) is 0.901. The Morgan fingerprint density at radius 1 is 1.26 bits per heavy atom. The molecule has 1 aromatic carbocycles. The molecule has 2 nitrogen and oxygen atoms in total. The molecule has 1 aliphatic heterocycles. The van der Waals surface area contributed by atoms with Crippen LogP contribution in [-0.2, 0) is 6.42 Å². The summed E-state index contributed by atoms with van der Waals surface area (Å²) in [7, 11) is 0. The molecule has 0 amide bonds. The average Bonchev–Trinajstić information content (AvgIpc) is 2.85. The highest BCUT2D eigenvalue weighted by molar-refractivity contribution is 5.57. The van der Waals surface area contributed by atoms with Crippen LogP contribution in [0.5, 0.6) is 0 Å². The van der Waals surface area contributed by atoms with Crippen molar-refractivity contribution in [2.75, 3.05) is 24.6 Å². The largest absolute Gasteiger partial charge is 0.396 e. The van der Waals surface area contributed by atoms with Crippen LogP contribution in [0.1, 0.15) is 38.2 Å². The molecule has 1 saturated carbocycles. The topological polar surface area (TPSA) is 23.5 Å². The molecule has 1 fully saturated rings. The summed E-state index contributed by atoms with van der Waals surface area (Å²) >= 11 is 0. The smallest absolute Gasteiger partial charge is 0.0504 e. The lowest BCUT2D eigenvalue weighted by atomic mass is 9.71. The molecular weight excluding hydrogens is 234 g/mol. The maximum absolute atomic E-state index is 9.91. The summed E-state index contributed by atoms with van der Waals surface area (Å²) in [6.45, 7) is 4.84. The fraction of sp³-hybridized carbons (Fsp3) is 0.647. The van der Waals surface area contributed by atoms with Gasteiger partial charge in [0.2, 0.25) is 0 Å². The van der Waals surface area contributed by atoms with Gasteiger partial charge in [0.15, 0.2) is 0 Å². The van der Waals surface area contributed by atoms with E-state index >= 15 is 0 Å². The predicted octanol–water partition coefficient (Wildman–Crippen LogP) is 3.24. The minimum Gasteiger partial charge on any atom is -0.396 e. The first-order valence-electron chi connectivity index (χ1n) is 7.66. The molecule has 0 spiro atoms. The van der Waals surface area contributed by atoms with Crippen molar-refractivity contribution >= 4 is 5.69 Å². The van der Waals surface area contributed by atoms with Crippen LogP contribution >= 0.6 is 0 Å².